The Morgan fingerprint density at radius 3 is 2.58 bits per heavy atom. The van der Waals surface area contributed by atoms with Gasteiger partial charge in [0.25, 0.3) is 0 Å². The van der Waals surface area contributed by atoms with Gasteiger partial charge in [-0.1, -0.05) is 5.16 Å². The summed E-state index contributed by atoms with van der Waals surface area (Å²) in [6, 6.07) is 4.26. The zero-order chi connectivity index (χ0) is 16.1. The number of likely N-dealkylation sites (tertiary alicyclic amines) is 1. The molecule has 5 rings (SSSR count). The summed E-state index contributed by atoms with van der Waals surface area (Å²) in [7, 11) is 0. The van der Waals surface area contributed by atoms with E-state index in [4.69, 9.17) is 4.52 Å². The van der Waals surface area contributed by atoms with Gasteiger partial charge in [0.05, 0.1) is 5.69 Å². The molecule has 3 fully saturated rings. The number of nitrogens with zero attached hydrogens (tertiary/aromatic N) is 5. The second-order valence-electron chi connectivity index (χ2n) is 7.63. The van der Waals surface area contributed by atoms with Crippen LogP contribution in [0.15, 0.2) is 23.0 Å². The van der Waals surface area contributed by atoms with Gasteiger partial charge in [0, 0.05) is 56.5 Å². The molecule has 6 nitrogen and oxygen atoms in total. The highest BCUT2D eigenvalue weighted by molar-refractivity contribution is 5.40. The fraction of sp³-hybridized carbons (Fsp3) is 0.611. The Morgan fingerprint density at radius 1 is 1.08 bits per heavy atom. The SMILES string of the molecule is Cc1cc(N2CC3CN(Cc4cc(C5CC5)on4)CC3C2)ncn1. The highest BCUT2D eigenvalue weighted by Gasteiger charge is 2.40. The van der Waals surface area contributed by atoms with E-state index in [9.17, 15) is 0 Å². The molecule has 0 N–H and O–H groups in total. The number of aromatic nitrogens is 3. The van der Waals surface area contributed by atoms with E-state index >= 15 is 0 Å². The summed E-state index contributed by atoms with van der Waals surface area (Å²) in [6.07, 6.45) is 4.20. The van der Waals surface area contributed by atoms with Gasteiger partial charge >= 0.3 is 0 Å². The summed E-state index contributed by atoms with van der Waals surface area (Å²) in [4.78, 5) is 13.6. The summed E-state index contributed by atoms with van der Waals surface area (Å²) in [5.41, 5.74) is 2.14. The lowest BCUT2D eigenvalue weighted by Crippen LogP contribution is -2.29. The Balaban J connectivity index is 1.20. The normalized spacial score (nSPS) is 27.0. The predicted octanol–water partition coefficient (Wildman–Crippen LogP) is 2.22. The van der Waals surface area contributed by atoms with Crippen molar-refractivity contribution in [2.75, 3.05) is 31.1 Å². The first-order chi connectivity index (χ1) is 11.7. The Morgan fingerprint density at radius 2 is 1.88 bits per heavy atom. The zero-order valence-corrected chi connectivity index (χ0v) is 14.1. The van der Waals surface area contributed by atoms with Crippen molar-refractivity contribution in [1.29, 1.82) is 0 Å². The molecule has 0 radical (unpaired) electrons. The van der Waals surface area contributed by atoms with Crippen LogP contribution in [0.25, 0.3) is 0 Å². The predicted molar refractivity (Wildman–Crippen MR) is 89.7 cm³/mol. The van der Waals surface area contributed by atoms with Crippen molar-refractivity contribution in [2.24, 2.45) is 11.8 Å². The van der Waals surface area contributed by atoms with E-state index in [2.05, 4.69) is 37.1 Å². The van der Waals surface area contributed by atoms with Gasteiger partial charge in [-0.2, -0.15) is 0 Å². The molecule has 0 amide bonds. The molecule has 0 spiro atoms. The van der Waals surface area contributed by atoms with Crippen LogP contribution >= 0.6 is 0 Å². The lowest BCUT2D eigenvalue weighted by molar-refractivity contribution is 0.293. The number of hydrogen-bond acceptors (Lipinski definition) is 6. The summed E-state index contributed by atoms with van der Waals surface area (Å²) < 4.78 is 5.48. The fourth-order valence-corrected chi connectivity index (χ4v) is 4.21. The highest BCUT2D eigenvalue weighted by Crippen LogP contribution is 2.40. The molecule has 6 heteroatoms. The standard InChI is InChI=1S/C18H23N5O/c1-12-4-18(20-11-19-12)23-8-14-6-22(7-15(14)9-23)10-16-5-17(24-21-16)13-2-3-13/h4-5,11,13-15H,2-3,6-10H2,1H3. The minimum Gasteiger partial charge on any atom is -0.361 e. The maximum atomic E-state index is 5.48. The molecule has 2 aliphatic heterocycles. The van der Waals surface area contributed by atoms with Crippen LogP contribution in [0.1, 0.15) is 35.9 Å². The quantitative estimate of drug-likeness (QED) is 0.859. The van der Waals surface area contributed by atoms with E-state index in [1.165, 1.54) is 12.8 Å². The first-order valence-corrected chi connectivity index (χ1v) is 8.96. The van der Waals surface area contributed by atoms with Crippen molar-refractivity contribution in [1.82, 2.24) is 20.0 Å². The van der Waals surface area contributed by atoms with Crippen molar-refractivity contribution in [3.63, 3.8) is 0 Å². The average molecular weight is 325 g/mol. The molecule has 3 aliphatic rings. The van der Waals surface area contributed by atoms with Crippen LogP contribution in [0.3, 0.4) is 0 Å². The van der Waals surface area contributed by atoms with Crippen LogP contribution < -0.4 is 4.90 Å². The summed E-state index contributed by atoms with van der Waals surface area (Å²) in [5.74, 6) is 4.28. The molecule has 2 aromatic rings. The molecule has 2 saturated heterocycles. The number of rotatable bonds is 4. The maximum absolute atomic E-state index is 5.48. The highest BCUT2D eigenvalue weighted by atomic mass is 16.5. The molecule has 2 aromatic heterocycles. The van der Waals surface area contributed by atoms with Crippen molar-refractivity contribution in [3.05, 3.63) is 35.6 Å². The van der Waals surface area contributed by atoms with Crippen LogP contribution in [0.4, 0.5) is 5.82 Å². The van der Waals surface area contributed by atoms with E-state index < -0.39 is 0 Å². The Bertz CT molecular complexity index is 727. The number of fused-ring (bicyclic) bond motifs is 1. The average Bonchev–Trinajstić information content (AvgIpc) is 3.00. The maximum Gasteiger partial charge on any atom is 0.140 e. The van der Waals surface area contributed by atoms with E-state index in [0.717, 1.165) is 67.5 Å². The second-order valence-corrected chi connectivity index (χ2v) is 7.63. The van der Waals surface area contributed by atoms with Gasteiger partial charge in [-0.15, -0.1) is 0 Å². The van der Waals surface area contributed by atoms with Gasteiger partial charge < -0.3 is 9.42 Å². The number of anilines is 1. The van der Waals surface area contributed by atoms with Crippen LogP contribution in [-0.4, -0.2) is 46.2 Å². The molecule has 1 aliphatic carbocycles. The lowest BCUT2D eigenvalue weighted by Gasteiger charge is -2.21. The van der Waals surface area contributed by atoms with Crippen molar-refractivity contribution >= 4 is 5.82 Å². The third-order valence-electron chi connectivity index (χ3n) is 5.62. The third kappa shape index (κ3) is 2.69. The minimum absolute atomic E-state index is 0.647. The van der Waals surface area contributed by atoms with E-state index in [0.29, 0.717) is 5.92 Å². The van der Waals surface area contributed by atoms with Gasteiger partial charge in [0.2, 0.25) is 0 Å². The monoisotopic (exact) mass is 325 g/mol. The smallest absolute Gasteiger partial charge is 0.140 e. The van der Waals surface area contributed by atoms with Crippen LogP contribution in [-0.2, 0) is 6.54 Å². The Labute approximate surface area is 141 Å². The van der Waals surface area contributed by atoms with Crippen molar-refractivity contribution in [2.45, 2.75) is 32.2 Å². The van der Waals surface area contributed by atoms with Crippen LogP contribution in [0, 0.1) is 18.8 Å². The fourth-order valence-electron chi connectivity index (χ4n) is 4.21. The Hall–Kier alpha value is -1.95. The molecule has 4 heterocycles. The molecule has 126 valence electrons. The van der Waals surface area contributed by atoms with Crippen molar-refractivity contribution < 1.29 is 4.52 Å². The van der Waals surface area contributed by atoms with E-state index in [1.807, 2.05) is 6.92 Å². The summed E-state index contributed by atoms with van der Waals surface area (Å²) in [6.45, 7) is 7.45. The first kappa shape index (κ1) is 14.4. The lowest BCUT2D eigenvalue weighted by atomic mass is 10.0. The minimum atomic E-state index is 0.647. The molecule has 2 atom stereocenters. The topological polar surface area (TPSA) is 58.3 Å². The molecular weight excluding hydrogens is 302 g/mol. The number of hydrogen-bond donors (Lipinski definition) is 0. The molecule has 2 unspecified atom stereocenters. The summed E-state index contributed by atoms with van der Waals surface area (Å²) >= 11 is 0. The molecule has 0 aromatic carbocycles. The largest absolute Gasteiger partial charge is 0.361 e. The molecule has 0 bridgehead atoms. The molecular formula is C18H23N5O. The summed E-state index contributed by atoms with van der Waals surface area (Å²) in [5, 5.41) is 4.26. The van der Waals surface area contributed by atoms with Gasteiger partial charge in [-0.25, -0.2) is 9.97 Å². The molecule has 24 heavy (non-hydrogen) atoms. The first-order valence-electron chi connectivity index (χ1n) is 8.96. The van der Waals surface area contributed by atoms with Gasteiger partial charge in [-0.3, -0.25) is 4.90 Å². The van der Waals surface area contributed by atoms with Gasteiger partial charge in [0.1, 0.15) is 17.9 Å². The zero-order valence-electron chi connectivity index (χ0n) is 14.1. The molecule has 1 saturated carbocycles. The Kier molecular flexibility index (Phi) is 3.33. The van der Waals surface area contributed by atoms with Crippen LogP contribution in [0.2, 0.25) is 0 Å². The second kappa shape index (κ2) is 5.55. The third-order valence-corrected chi connectivity index (χ3v) is 5.62. The van der Waals surface area contributed by atoms with E-state index in [-0.39, 0.29) is 0 Å². The van der Waals surface area contributed by atoms with Gasteiger partial charge in [-0.05, 0) is 31.6 Å². The van der Waals surface area contributed by atoms with E-state index in [1.54, 1.807) is 6.33 Å². The van der Waals surface area contributed by atoms with Gasteiger partial charge in [0.15, 0.2) is 0 Å². The van der Waals surface area contributed by atoms with Crippen LogP contribution in [0.5, 0.6) is 0 Å². The van der Waals surface area contributed by atoms with Crippen molar-refractivity contribution in [3.8, 4) is 0 Å². The number of aryl methyl sites for hydroxylation is 1.